The summed E-state index contributed by atoms with van der Waals surface area (Å²) in [6.45, 7) is 1.94. The number of fused-ring (bicyclic) bond motifs is 1. The van der Waals surface area contributed by atoms with Gasteiger partial charge in [-0.25, -0.2) is 8.42 Å². The van der Waals surface area contributed by atoms with Crippen LogP contribution in [0.25, 0.3) is 10.8 Å². The van der Waals surface area contributed by atoms with Crippen molar-refractivity contribution in [3.8, 4) is 0 Å². The maximum absolute atomic E-state index is 12.6. The number of hydrogen-bond donors (Lipinski definition) is 2. The van der Waals surface area contributed by atoms with Crippen LogP contribution in [0.2, 0.25) is 0 Å². The third-order valence-electron chi connectivity index (χ3n) is 5.25. The van der Waals surface area contributed by atoms with Crippen molar-refractivity contribution in [2.75, 3.05) is 10.0 Å². The van der Waals surface area contributed by atoms with Crippen molar-refractivity contribution in [1.82, 2.24) is 0 Å². The number of nitrogens with one attached hydrogen (secondary N) is 2. The number of carbonyl (C=O) groups excluding carboxylic acids is 1. The number of hydrogen-bond acceptors (Lipinski definition) is 3. The maximum Gasteiger partial charge on any atom is 0.261 e. The van der Waals surface area contributed by atoms with E-state index in [-0.39, 0.29) is 10.8 Å². The van der Waals surface area contributed by atoms with Gasteiger partial charge in [0.1, 0.15) is 0 Å². The van der Waals surface area contributed by atoms with Crippen molar-refractivity contribution >= 4 is 38.1 Å². The standard InChI is InChI=1S/C26H24N2O3S/c1-19-9-12-23(13-10-19)28-32(30,31)24-16-14-22(15-17-24)27-26(29)18-11-21-7-4-6-20-5-2-3-8-25(20)21/h2-10,12-17,28H,11,18H2,1H3,(H,27,29). The largest absolute Gasteiger partial charge is 0.326 e. The Morgan fingerprint density at radius 1 is 0.781 bits per heavy atom. The molecule has 32 heavy (non-hydrogen) atoms. The number of amides is 1. The summed E-state index contributed by atoms with van der Waals surface area (Å²) in [6.07, 6.45) is 0.961. The molecule has 2 N–H and O–H groups in total. The summed E-state index contributed by atoms with van der Waals surface area (Å²) in [6, 6.07) is 27.5. The van der Waals surface area contributed by atoms with Crippen LogP contribution in [0.3, 0.4) is 0 Å². The highest BCUT2D eigenvalue weighted by Gasteiger charge is 2.14. The molecule has 4 rings (SSSR count). The Balaban J connectivity index is 1.37. The fourth-order valence-corrected chi connectivity index (χ4v) is 4.59. The minimum absolute atomic E-state index is 0.119. The van der Waals surface area contributed by atoms with Crippen LogP contribution in [0, 0.1) is 6.92 Å². The summed E-state index contributed by atoms with van der Waals surface area (Å²) >= 11 is 0. The summed E-state index contributed by atoms with van der Waals surface area (Å²) in [5.41, 5.74) is 3.24. The second-order valence-electron chi connectivity index (χ2n) is 7.68. The molecule has 0 aliphatic rings. The topological polar surface area (TPSA) is 75.3 Å². The van der Waals surface area contributed by atoms with Crippen molar-refractivity contribution < 1.29 is 13.2 Å². The second kappa shape index (κ2) is 9.24. The van der Waals surface area contributed by atoms with Gasteiger partial charge in [0.05, 0.1) is 4.90 Å². The van der Waals surface area contributed by atoms with Crippen molar-refractivity contribution in [3.63, 3.8) is 0 Å². The summed E-state index contributed by atoms with van der Waals surface area (Å²) in [5.74, 6) is -0.119. The zero-order valence-electron chi connectivity index (χ0n) is 17.7. The molecule has 0 aromatic heterocycles. The second-order valence-corrected chi connectivity index (χ2v) is 9.36. The Kier molecular flexibility index (Phi) is 6.23. The summed E-state index contributed by atoms with van der Waals surface area (Å²) in [5, 5.41) is 5.15. The first-order chi connectivity index (χ1) is 15.4. The molecule has 4 aromatic rings. The molecule has 0 aliphatic heterocycles. The average Bonchev–Trinajstić information content (AvgIpc) is 2.79. The molecule has 0 fully saturated rings. The third kappa shape index (κ3) is 5.15. The van der Waals surface area contributed by atoms with E-state index in [0.29, 0.717) is 24.2 Å². The van der Waals surface area contributed by atoms with E-state index in [1.54, 1.807) is 24.3 Å². The van der Waals surface area contributed by atoms with E-state index in [2.05, 4.69) is 28.2 Å². The Bertz CT molecular complexity index is 1340. The predicted molar refractivity (Wildman–Crippen MR) is 129 cm³/mol. The normalized spacial score (nSPS) is 11.3. The Hall–Kier alpha value is -3.64. The molecule has 0 radical (unpaired) electrons. The van der Waals surface area contributed by atoms with Crippen molar-refractivity contribution in [3.05, 3.63) is 102 Å². The van der Waals surface area contributed by atoms with Crippen LogP contribution in [0.4, 0.5) is 11.4 Å². The maximum atomic E-state index is 12.6. The minimum atomic E-state index is -3.70. The Labute approximate surface area is 188 Å². The van der Waals surface area contributed by atoms with Gasteiger partial charge >= 0.3 is 0 Å². The fourth-order valence-electron chi connectivity index (χ4n) is 3.54. The van der Waals surface area contributed by atoms with Crippen LogP contribution in [-0.4, -0.2) is 14.3 Å². The summed E-state index contributed by atoms with van der Waals surface area (Å²) < 4.78 is 27.7. The van der Waals surface area contributed by atoms with Crippen LogP contribution in [0.5, 0.6) is 0 Å². The third-order valence-corrected chi connectivity index (χ3v) is 6.65. The molecule has 0 saturated carbocycles. The number of benzene rings is 4. The average molecular weight is 445 g/mol. The monoisotopic (exact) mass is 444 g/mol. The van der Waals surface area contributed by atoms with Gasteiger partial charge in [0, 0.05) is 17.8 Å². The molecule has 5 nitrogen and oxygen atoms in total. The van der Waals surface area contributed by atoms with E-state index in [1.165, 1.54) is 12.1 Å². The highest BCUT2D eigenvalue weighted by molar-refractivity contribution is 7.92. The zero-order chi connectivity index (χ0) is 22.6. The molecule has 6 heteroatoms. The molecule has 0 heterocycles. The van der Waals surface area contributed by atoms with Crippen molar-refractivity contribution in [2.45, 2.75) is 24.7 Å². The SMILES string of the molecule is Cc1ccc(NS(=O)(=O)c2ccc(NC(=O)CCc3cccc4ccccc34)cc2)cc1. The quantitative estimate of drug-likeness (QED) is 0.394. The van der Waals surface area contributed by atoms with Crippen molar-refractivity contribution in [2.24, 2.45) is 0 Å². The first-order valence-electron chi connectivity index (χ1n) is 10.4. The smallest absolute Gasteiger partial charge is 0.261 e. The lowest BCUT2D eigenvalue weighted by Gasteiger charge is -2.10. The molecule has 1 amide bonds. The lowest BCUT2D eigenvalue weighted by atomic mass is 10.0. The highest BCUT2D eigenvalue weighted by Crippen LogP contribution is 2.21. The molecule has 0 saturated heterocycles. The van der Waals surface area contributed by atoms with Crippen LogP contribution in [0.1, 0.15) is 17.5 Å². The number of sulfonamides is 1. The first kappa shape index (κ1) is 21.6. The van der Waals surface area contributed by atoms with E-state index in [4.69, 9.17) is 0 Å². The summed E-state index contributed by atoms with van der Waals surface area (Å²) in [4.78, 5) is 12.6. The molecule has 0 aliphatic carbocycles. The van der Waals surface area contributed by atoms with Gasteiger partial charge in [-0.3, -0.25) is 9.52 Å². The lowest BCUT2D eigenvalue weighted by molar-refractivity contribution is -0.116. The van der Waals surface area contributed by atoms with Crippen LogP contribution in [-0.2, 0) is 21.2 Å². The van der Waals surface area contributed by atoms with Gasteiger partial charge in [0.25, 0.3) is 10.0 Å². The molecule has 4 aromatic carbocycles. The molecule has 162 valence electrons. The number of carbonyl (C=O) groups is 1. The first-order valence-corrected chi connectivity index (χ1v) is 11.9. The highest BCUT2D eigenvalue weighted by atomic mass is 32.2. The van der Waals surface area contributed by atoms with E-state index < -0.39 is 10.0 Å². The van der Waals surface area contributed by atoms with E-state index in [0.717, 1.165) is 21.9 Å². The van der Waals surface area contributed by atoms with Crippen LogP contribution >= 0.6 is 0 Å². The fraction of sp³-hybridized carbons (Fsp3) is 0.115. The van der Waals surface area contributed by atoms with Gasteiger partial charge in [0.2, 0.25) is 5.91 Å². The van der Waals surface area contributed by atoms with Gasteiger partial charge in [-0.05, 0) is 66.1 Å². The van der Waals surface area contributed by atoms with Gasteiger partial charge in [-0.2, -0.15) is 0 Å². The van der Waals surface area contributed by atoms with Crippen LogP contribution < -0.4 is 10.0 Å². The minimum Gasteiger partial charge on any atom is -0.326 e. The van der Waals surface area contributed by atoms with Crippen LogP contribution in [0.15, 0.2) is 95.9 Å². The van der Waals surface area contributed by atoms with Gasteiger partial charge in [0.15, 0.2) is 0 Å². The summed E-state index contributed by atoms with van der Waals surface area (Å²) in [7, 11) is -3.70. The Morgan fingerprint density at radius 3 is 2.19 bits per heavy atom. The number of rotatable bonds is 7. The van der Waals surface area contributed by atoms with E-state index in [9.17, 15) is 13.2 Å². The zero-order valence-corrected chi connectivity index (χ0v) is 18.5. The van der Waals surface area contributed by atoms with E-state index >= 15 is 0 Å². The molecule has 0 spiro atoms. The van der Waals surface area contributed by atoms with E-state index in [1.807, 2.05) is 43.3 Å². The molecule has 0 atom stereocenters. The number of anilines is 2. The lowest BCUT2D eigenvalue weighted by Crippen LogP contribution is -2.14. The predicted octanol–water partition coefficient (Wildman–Crippen LogP) is 5.52. The molecule has 0 bridgehead atoms. The number of aryl methyl sites for hydroxylation is 2. The van der Waals surface area contributed by atoms with Crippen molar-refractivity contribution in [1.29, 1.82) is 0 Å². The molecule has 0 unspecified atom stereocenters. The molecular formula is C26H24N2O3S. The van der Waals surface area contributed by atoms with Gasteiger partial charge in [-0.15, -0.1) is 0 Å². The van der Waals surface area contributed by atoms with Gasteiger partial charge < -0.3 is 5.32 Å². The van der Waals surface area contributed by atoms with Gasteiger partial charge in [-0.1, -0.05) is 60.2 Å². The molecular weight excluding hydrogens is 420 g/mol. The Morgan fingerprint density at radius 2 is 1.44 bits per heavy atom.